The van der Waals surface area contributed by atoms with Gasteiger partial charge in [0, 0.05) is 19.1 Å². The van der Waals surface area contributed by atoms with E-state index in [0.29, 0.717) is 19.1 Å². The molecule has 1 aromatic rings. The van der Waals surface area contributed by atoms with Crippen molar-refractivity contribution in [2.24, 2.45) is 0 Å². The van der Waals surface area contributed by atoms with Gasteiger partial charge in [-0.15, -0.1) is 0 Å². The maximum Gasteiger partial charge on any atom is 0.389 e. The predicted molar refractivity (Wildman–Crippen MR) is 68.9 cm³/mol. The van der Waals surface area contributed by atoms with Crippen LogP contribution in [-0.2, 0) is 11.2 Å². The van der Waals surface area contributed by atoms with E-state index in [1.807, 2.05) is 0 Å². The lowest BCUT2D eigenvalue weighted by molar-refractivity contribution is -0.134. The van der Waals surface area contributed by atoms with Crippen molar-refractivity contribution in [1.82, 2.24) is 15.5 Å². The van der Waals surface area contributed by atoms with Crippen molar-refractivity contribution in [3.63, 3.8) is 0 Å². The molecular weight excluding hydrogens is 287 g/mol. The molecule has 0 aliphatic carbocycles. The molecule has 5 nitrogen and oxygen atoms in total. The zero-order valence-corrected chi connectivity index (χ0v) is 11.9. The van der Waals surface area contributed by atoms with E-state index in [1.54, 1.807) is 0 Å². The highest BCUT2D eigenvalue weighted by molar-refractivity contribution is 5.01. The summed E-state index contributed by atoms with van der Waals surface area (Å²) in [5.41, 5.74) is 0. The van der Waals surface area contributed by atoms with Crippen LogP contribution in [0.5, 0.6) is 0 Å². The van der Waals surface area contributed by atoms with Crippen molar-refractivity contribution in [1.29, 1.82) is 0 Å². The van der Waals surface area contributed by atoms with Crippen LogP contribution in [0, 0.1) is 0 Å². The summed E-state index contributed by atoms with van der Waals surface area (Å²) in [6.45, 7) is 4.05. The Hall–Kier alpha value is -1.15. The molecule has 1 fully saturated rings. The molecule has 2 atom stereocenters. The average Bonchev–Trinajstić information content (AvgIpc) is 2.91. The van der Waals surface area contributed by atoms with E-state index >= 15 is 0 Å². The second-order valence-electron chi connectivity index (χ2n) is 5.19. The van der Waals surface area contributed by atoms with Gasteiger partial charge in [0.25, 0.3) is 0 Å². The first-order chi connectivity index (χ1) is 9.99. The summed E-state index contributed by atoms with van der Waals surface area (Å²) in [5.74, 6) is 0.361. The summed E-state index contributed by atoms with van der Waals surface area (Å²) >= 11 is 0. The molecule has 1 aliphatic rings. The molecule has 0 bridgehead atoms. The van der Waals surface area contributed by atoms with Gasteiger partial charge in [-0.1, -0.05) is 12.1 Å². The first kappa shape index (κ1) is 16.2. The molecular formula is C13H20F3N3O2. The van der Waals surface area contributed by atoms with Gasteiger partial charge in [-0.05, 0) is 19.4 Å². The van der Waals surface area contributed by atoms with Crippen molar-refractivity contribution in [3.05, 3.63) is 11.7 Å². The van der Waals surface area contributed by atoms with Crippen LogP contribution in [-0.4, -0.2) is 42.1 Å². The lowest BCUT2D eigenvalue weighted by atomic mass is 9.95. The van der Waals surface area contributed by atoms with Crippen molar-refractivity contribution in [2.45, 2.75) is 50.7 Å². The SMILES string of the molecule is CCCNC1CCOCC1c1nc(CCC(F)(F)F)no1. The first-order valence-electron chi connectivity index (χ1n) is 7.20. The van der Waals surface area contributed by atoms with Crippen LogP contribution < -0.4 is 5.32 Å². The highest BCUT2D eigenvalue weighted by Crippen LogP contribution is 2.26. The van der Waals surface area contributed by atoms with E-state index < -0.39 is 12.6 Å². The monoisotopic (exact) mass is 307 g/mol. The smallest absolute Gasteiger partial charge is 0.381 e. The van der Waals surface area contributed by atoms with E-state index in [9.17, 15) is 13.2 Å². The number of ether oxygens (including phenoxy) is 1. The molecule has 21 heavy (non-hydrogen) atoms. The Balaban J connectivity index is 1.97. The van der Waals surface area contributed by atoms with Gasteiger partial charge in [-0.2, -0.15) is 18.2 Å². The van der Waals surface area contributed by atoms with Crippen LogP contribution in [0.1, 0.15) is 43.8 Å². The highest BCUT2D eigenvalue weighted by Gasteiger charge is 2.32. The molecule has 0 spiro atoms. The van der Waals surface area contributed by atoms with E-state index in [1.165, 1.54) is 0 Å². The number of rotatable bonds is 6. The largest absolute Gasteiger partial charge is 0.389 e. The van der Waals surface area contributed by atoms with Gasteiger partial charge in [0.2, 0.25) is 5.89 Å². The molecule has 1 saturated heterocycles. The predicted octanol–water partition coefficient (Wildman–Crippen LogP) is 2.44. The van der Waals surface area contributed by atoms with Gasteiger partial charge in [0.15, 0.2) is 5.82 Å². The van der Waals surface area contributed by atoms with E-state index in [-0.39, 0.29) is 24.2 Å². The number of aromatic nitrogens is 2. The van der Waals surface area contributed by atoms with Crippen molar-refractivity contribution in [2.75, 3.05) is 19.8 Å². The lowest BCUT2D eigenvalue weighted by Crippen LogP contribution is -2.41. The third kappa shape index (κ3) is 4.96. The Bertz CT molecular complexity index is 437. The van der Waals surface area contributed by atoms with E-state index in [2.05, 4.69) is 22.4 Å². The van der Waals surface area contributed by atoms with Crippen LogP contribution in [0.3, 0.4) is 0 Å². The fourth-order valence-corrected chi connectivity index (χ4v) is 2.33. The second-order valence-corrected chi connectivity index (χ2v) is 5.19. The molecule has 8 heteroatoms. The number of hydrogen-bond donors (Lipinski definition) is 1. The summed E-state index contributed by atoms with van der Waals surface area (Å²) in [4.78, 5) is 4.10. The molecule has 1 aromatic heterocycles. The molecule has 0 radical (unpaired) electrons. The summed E-state index contributed by atoms with van der Waals surface area (Å²) in [7, 11) is 0. The second kappa shape index (κ2) is 7.22. The number of alkyl halides is 3. The molecule has 0 amide bonds. The number of nitrogens with zero attached hydrogens (tertiary/aromatic N) is 2. The molecule has 0 aromatic carbocycles. The topological polar surface area (TPSA) is 60.2 Å². The third-order valence-electron chi connectivity index (χ3n) is 3.45. The number of aryl methyl sites for hydroxylation is 1. The first-order valence-corrected chi connectivity index (χ1v) is 7.20. The maximum atomic E-state index is 12.2. The Morgan fingerprint density at radius 1 is 1.38 bits per heavy atom. The number of halogens is 3. The summed E-state index contributed by atoms with van der Waals surface area (Å²) in [5, 5.41) is 7.04. The van der Waals surface area contributed by atoms with Crippen LogP contribution in [0.2, 0.25) is 0 Å². The van der Waals surface area contributed by atoms with Crippen molar-refractivity contribution in [3.8, 4) is 0 Å². The summed E-state index contributed by atoms with van der Waals surface area (Å²) in [6.07, 6.45) is -3.58. The fraction of sp³-hybridized carbons (Fsp3) is 0.846. The Morgan fingerprint density at radius 2 is 2.19 bits per heavy atom. The lowest BCUT2D eigenvalue weighted by Gasteiger charge is -2.29. The van der Waals surface area contributed by atoms with Crippen LogP contribution in [0.4, 0.5) is 13.2 Å². The zero-order chi connectivity index (χ0) is 15.3. The van der Waals surface area contributed by atoms with Gasteiger partial charge in [0.05, 0.1) is 18.9 Å². The van der Waals surface area contributed by atoms with Crippen molar-refractivity contribution >= 4 is 0 Å². The van der Waals surface area contributed by atoms with E-state index in [0.717, 1.165) is 19.4 Å². The van der Waals surface area contributed by atoms with E-state index in [4.69, 9.17) is 9.26 Å². The maximum absolute atomic E-state index is 12.2. The molecule has 120 valence electrons. The Labute approximate surface area is 121 Å². The van der Waals surface area contributed by atoms with Gasteiger partial charge in [0.1, 0.15) is 0 Å². The van der Waals surface area contributed by atoms with Gasteiger partial charge in [-0.3, -0.25) is 0 Å². The van der Waals surface area contributed by atoms with Gasteiger partial charge in [-0.25, -0.2) is 0 Å². The van der Waals surface area contributed by atoms with Crippen LogP contribution in [0.25, 0.3) is 0 Å². The molecule has 1 aliphatic heterocycles. The minimum atomic E-state index is -4.21. The molecule has 2 heterocycles. The standard InChI is InChI=1S/C13H20F3N3O2/c1-2-6-17-10-4-7-20-8-9(10)12-18-11(19-21-12)3-5-13(14,15)16/h9-10,17H,2-8H2,1H3. The highest BCUT2D eigenvalue weighted by atomic mass is 19.4. The molecule has 2 unspecified atom stereocenters. The van der Waals surface area contributed by atoms with Crippen molar-refractivity contribution < 1.29 is 22.4 Å². The normalized spacial score (nSPS) is 23.4. The Kier molecular flexibility index (Phi) is 5.58. The summed E-state index contributed by atoms with van der Waals surface area (Å²) in [6, 6.07) is 0.162. The minimum absolute atomic E-state index is 0.0992. The number of hydrogen-bond acceptors (Lipinski definition) is 5. The zero-order valence-electron chi connectivity index (χ0n) is 11.9. The number of nitrogens with one attached hydrogen (secondary N) is 1. The molecule has 1 N–H and O–H groups in total. The fourth-order valence-electron chi connectivity index (χ4n) is 2.33. The minimum Gasteiger partial charge on any atom is -0.381 e. The van der Waals surface area contributed by atoms with Crippen LogP contribution in [0.15, 0.2) is 4.52 Å². The van der Waals surface area contributed by atoms with Gasteiger partial charge < -0.3 is 14.6 Å². The third-order valence-corrected chi connectivity index (χ3v) is 3.45. The van der Waals surface area contributed by atoms with Crippen LogP contribution >= 0.6 is 0 Å². The molecule has 2 rings (SSSR count). The summed E-state index contributed by atoms with van der Waals surface area (Å²) < 4.78 is 47.1. The van der Waals surface area contributed by atoms with Gasteiger partial charge >= 0.3 is 6.18 Å². The average molecular weight is 307 g/mol. The molecule has 0 saturated carbocycles. The quantitative estimate of drug-likeness (QED) is 0.874. The Morgan fingerprint density at radius 3 is 2.90 bits per heavy atom.